The number of likely N-dealkylation sites (N-methyl/N-ethyl adjacent to an activating group) is 1. The molecule has 0 spiro atoms. The molecule has 214 valence electrons. The number of amides is 3. The second kappa shape index (κ2) is 15.2. The lowest BCUT2D eigenvalue weighted by atomic mass is 9.86. The molecule has 1 aromatic carbocycles. The summed E-state index contributed by atoms with van der Waals surface area (Å²) in [5.74, 6) is 0.108. The Hall–Kier alpha value is -2.43. The van der Waals surface area contributed by atoms with Gasteiger partial charge in [0, 0.05) is 38.6 Å². The van der Waals surface area contributed by atoms with Crippen LogP contribution in [0.25, 0.3) is 0 Å². The van der Waals surface area contributed by atoms with Gasteiger partial charge in [-0.25, -0.2) is 14.0 Å². The third-order valence-electron chi connectivity index (χ3n) is 7.37. The summed E-state index contributed by atoms with van der Waals surface area (Å²) < 4.78 is 31.5. The smallest absolute Gasteiger partial charge is 0.406 e. The van der Waals surface area contributed by atoms with Gasteiger partial charge in [0.05, 0.1) is 25.4 Å². The second-order valence-corrected chi connectivity index (χ2v) is 10.6. The highest BCUT2D eigenvalue weighted by molar-refractivity contribution is 5.74. The summed E-state index contributed by atoms with van der Waals surface area (Å²) >= 11 is 0. The summed E-state index contributed by atoms with van der Waals surface area (Å²) in [7, 11) is 3.39. The van der Waals surface area contributed by atoms with Crippen LogP contribution in [-0.2, 0) is 20.8 Å². The van der Waals surface area contributed by atoms with Gasteiger partial charge in [0.15, 0.2) is 0 Å². The topological polar surface area (TPSA) is 101 Å². The Morgan fingerprint density at radius 3 is 2.66 bits per heavy atom. The molecule has 2 aliphatic rings. The summed E-state index contributed by atoms with van der Waals surface area (Å²) in [6.45, 7) is 6.56. The van der Waals surface area contributed by atoms with Crippen molar-refractivity contribution in [3.8, 4) is 0 Å². The first-order chi connectivity index (χ1) is 18.3. The standard InChI is InChI=1S/C28H45FN4O5/c1-19-13-21(14-20(2)38-19)15-24(16-30-3)32-27(34)33-10-6-8-22(17-33)26-23(7-5-9-25(26)29)18-36-11-12-37-28(35)31-4/h5,7,9,19-22,24,30H,6,8,10-18H2,1-4H3,(H,31,35)(H,32,34)/t19-,20-,22-,24-/m0/s1. The zero-order chi connectivity index (χ0) is 27.5. The van der Waals surface area contributed by atoms with Gasteiger partial charge in [-0.3, -0.25) is 0 Å². The number of carbonyl (C=O) groups excluding carboxylic acids is 2. The number of piperidine rings is 1. The molecule has 0 aromatic heterocycles. The van der Waals surface area contributed by atoms with Crippen molar-refractivity contribution >= 4 is 12.1 Å². The number of urea groups is 1. The fraction of sp³-hybridized carbons (Fsp3) is 0.714. The minimum atomic E-state index is -0.519. The quantitative estimate of drug-likeness (QED) is 0.372. The largest absolute Gasteiger partial charge is 0.447 e. The van der Waals surface area contributed by atoms with Crippen LogP contribution >= 0.6 is 0 Å². The molecule has 0 aliphatic carbocycles. The van der Waals surface area contributed by atoms with Crippen LogP contribution in [0.15, 0.2) is 18.2 Å². The minimum absolute atomic E-state index is 0.0183. The average molecular weight is 537 g/mol. The van der Waals surface area contributed by atoms with Crippen molar-refractivity contribution in [1.29, 1.82) is 0 Å². The third-order valence-corrected chi connectivity index (χ3v) is 7.37. The number of nitrogens with zero attached hydrogens (tertiary/aromatic N) is 1. The van der Waals surface area contributed by atoms with E-state index >= 15 is 4.39 Å². The molecule has 2 fully saturated rings. The number of nitrogens with one attached hydrogen (secondary N) is 3. The van der Waals surface area contributed by atoms with E-state index in [4.69, 9.17) is 14.2 Å². The Morgan fingerprint density at radius 1 is 1.18 bits per heavy atom. The Labute approximate surface area is 226 Å². The van der Waals surface area contributed by atoms with E-state index < -0.39 is 6.09 Å². The molecule has 3 rings (SSSR count). The molecule has 0 radical (unpaired) electrons. The summed E-state index contributed by atoms with van der Waals surface area (Å²) in [4.78, 5) is 26.3. The zero-order valence-corrected chi connectivity index (χ0v) is 23.3. The zero-order valence-electron chi connectivity index (χ0n) is 23.3. The van der Waals surface area contributed by atoms with E-state index in [9.17, 15) is 9.59 Å². The molecule has 2 aliphatic heterocycles. The molecule has 0 unspecified atom stereocenters. The molecule has 2 saturated heterocycles. The van der Waals surface area contributed by atoms with Gasteiger partial charge in [-0.05, 0) is 76.1 Å². The van der Waals surface area contributed by atoms with Crippen molar-refractivity contribution in [2.24, 2.45) is 5.92 Å². The minimum Gasteiger partial charge on any atom is -0.447 e. The number of hydrogen-bond donors (Lipinski definition) is 3. The van der Waals surface area contributed by atoms with Crippen LogP contribution in [0.5, 0.6) is 0 Å². The summed E-state index contributed by atoms with van der Waals surface area (Å²) in [5, 5.41) is 8.84. The number of rotatable bonds is 11. The average Bonchev–Trinajstić information content (AvgIpc) is 2.88. The molecule has 0 saturated carbocycles. The fourth-order valence-corrected chi connectivity index (χ4v) is 5.85. The van der Waals surface area contributed by atoms with Crippen LogP contribution in [0.3, 0.4) is 0 Å². The van der Waals surface area contributed by atoms with Gasteiger partial charge in [0.25, 0.3) is 0 Å². The number of likely N-dealkylation sites (tertiary alicyclic amines) is 1. The van der Waals surface area contributed by atoms with Gasteiger partial charge in [-0.1, -0.05) is 12.1 Å². The van der Waals surface area contributed by atoms with Gasteiger partial charge < -0.3 is 35.1 Å². The van der Waals surface area contributed by atoms with Gasteiger partial charge in [-0.15, -0.1) is 0 Å². The molecule has 3 amide bonds. The van der Waals surface area contributed by atoms with E-state index in [1.165, 1.54) is 13.1 Å². The second-order valence-electron chi connectivity index (χ2n) is 10.6. The van der Waals surface area contributed by atoms with Crippen LogP contribution in [0, 0.1) is 11.7 Å². The van der Waals surface area contributed by atoms with Crippen molar-refractivity contribution in [2.75, 3.05) is 46.9 Å². The normalized spacial score (nSPS) is 24.5. The lowest BCUT2D eigenvalue weighted by Gasteiger charge is -2.37. The van der Waals surface area contributed by atoms with Crippen LogP contribution in [-0.4, -0.2) is 82.2 Å². The summed E-state index contributed by atoms with van der Waals surface area (Å²) in [6.07, 6.45) is 4.47. The summed E-state index contributed by atoms with van der Waals surface area (Å²) in [5.41, 5.74) is 1.36. The molecule has 1 aromatic rings. The molecule has 10 heteroatoms. The maximum atomic E-state index is 15.1. The molecule has 38 heavy (non-hydrogen) atoms. The van der Waals surface area contributed by atoms with E-state index in [1.54, 1.807) is 6.07 Å². The monoisotopic (exact) mass is 536 g/mol. The van der Waals surface area contributed by atoms with Crippen molar-refractivity contribution in [1.82, 2.24) is 20.9 Å². The predicted octanol–water partition coefficient (Wildman–Crippen LogP) is 3.77. The van der Waals surface area contributed by atoms with Crippen LogP contribution in [0.2, 0.25) is 0 Å². The maximum Gasteiger partial charge on any atom is 0.406 e. The van der Waals surface area contributed by atoms with Crippen molar-refractivity contribution in [2.45, 2.75) is 76.7 Å². The molecule has 2 heterocycles. The molecule has 0 bridgehead atoms. The van der Waals surface area contributed by atoms with E-state index in [2.05, 4.69) is 29.8 Å². The first kappa shape index (κ1) is 30.1. The Kier molecular flexibility index (Phi) is 12.1. The van der Waals surface area contributed by atoms with Crippen LogP contribution in [0.1, 0.15) is 63.0 Å². The maximum absolute atomic E-state index is 15.1. The van der Waals surface area contributed by atoms with E-state index in [0.717, 1.165) is 37.7 Å². The molecule has 9 nitrogen and oxygen atoms in total. The molecular weight excluding hydrogens is 491 g/mol. The molecule has 4 atom stereocenters. The molecule has 3 N–H and O–H groups in total. The SMILES string of the molecule is CNC[C@H](CC1C[C@H](C)O[C@@H](C)C1)NC(=O)N1CCC[C@H](c2c(F)cccc2COCCOC(=O)NC)C1. The first-order valence-corrected chi connectivity index (χ1v) is 13.9. The predicted molar refractivity (Wildman–Crippen MR) is 144 cm³/mol. The third kappa shape index (κ3) is 9.10. The van der Waals surface area contributed by atoms with Crippen molar-refractivity contribution in [3.05, 3.63) is 35.1 Å². The van der Waals surface area contributed by atoms with E-state index in [-0.39, 0.29) is 55.8 Å². The summed E-state index contributed by atoms with van der Waals surface area (Å²) in [6, 6.07) is 4.92. The number of halogens is 1. The Bertz CT molecular complexity index is 894. The van der Waals surface area contributed by atoms with Crippen LogP contribution < -0.4 is 16.0 Å². The van der Waals surface area contributed by atoms with E-state index in [0.29, 0.717) is 31.1 Å². The van der Waals surface area contributed by atoms with Gasteiger partial charge in [-0.2, -0.15) is 0 Å². The number of ether oxygens (including phenoxy) is 3. The highest BCUT2D eigenvalue weighted by Gasteiger charge is 2.31. The number of benzene rings is 1. The first-order valence-electron chi connectivity index (χ1n) is 13.9. The number of alkyl carbamates (subject to hydrolysis) is 1. The lowest BCUT2D eigenvalue weighted by molar-refractivity contribution is -0.0547. The lowest BCUT2D eigenvalue weighted by Crippen LogP contribution is -2.51. The number of carbonyl (C=O) groups is 2. The van der Waals surface area contributed by atoms with Gasteiger partial charge in [0.2, 0.25) is 0 Å². The Balaban J connectivity index is 1.59. The highest BCUT2D eigenvalue weighted by Crippen LogP contribution is 2.32. The van der Waals surface area contributed by atoms with Crippen molar-refractivity contribution in [3.63, 3.8) is 0 Å². The Morgan fingerprint density at radius 2 is 1.95 bits per heavy atom. The van der Waals surface area contributed by atoms with Crippen LogP contribution in [0.4, 0.5) is 14.0 Å². The van der Waals surface area contributed by atoms with Crippen molar-refractivity contribution < 1.29 is 28.2 Å². The number of hydrogen-bond acceptors (Lipinski definition) is 6. The van der Waals surface area contributed by atoms with Gasteiger partial charge in [0.1, 0.15) is 12.4 Å². The fourth-order valence-electron chi connectivity index (χ4n) is 5.85. The highest BCUT2D eigenvalue weighted by atomic mass is 19.1. The van der Waals surface area contributed by atoms with Gasteiger partial charge >= 0.3 is 12.1 Å². The molecular formula is C28H45FN4O5. The van der Waals surface area contributed by atoms with E-state index in [1.807, 2.05) is 18.0 Å².